The molecule has 0 radical (unpaired) electrons. The number of nitrogens with one attached hydrogen (secondary N) is 1. The first kappa shape index (κ1) is 24.5. The average Bonchev–Trinajstić information content (AvgIpc) is 2.62. The number of nitrogens with zero attached hydrogens (tertiary/aromatic N) is 3. The van der Waals surface area contributed by atoms with Gasteiger partial charge in [-0.1, -0.05) is 6.92 Å². The third-order valence-corrected chi connectivity index (χ3v) is 4.75. The summed E-state index contributed by atoms with van der Waals surface area (Å²) in [5.74, 6) is 1.93. The van der Waals surface area contributed by atoms with Gasteiger partial charge in [-0.3, -0.25) is 4.99 Å². The molecule has 1 amide bonds. The van der Waals surface area contributed by atoms with Gasteiger partial charge in [-0.15, -0.1) is 0 Å². The van der Waals surface area contributed by atoms with Crippen LogP contribution in [-0.2, 0) is 9.47 Å². The smallest absolute Gasteiger partial charge is 0.410 e. The Morgan fingerprint density at radius 2 is 1.89 bits per heavy atom. The van der Waals surface area contributed by atoms with Gasteiger partial charge < -0.3 is 24.6 Å². The third kappa shape index (κ3) is 10.2. The van der Waals surface area contributed by atoms with Crippen molar-refractivity contribution in [3.8, 4) is 0 Å². The predicted octanol–water partition coefficient (Wildman–Crippen LogP) is 3.20. The van der Waals surface area contributed by atoms with Gasteiger partial charge in [-0.25, -0.2) is 4.79 Å². The molecule has 0 aliphatic carbocycles. The number of carbonyl (C=O) groups is 1. The number of guanidine groups is 1. The molecule has 1 saturated heterocycles. The Morgan fingerprint density at radius 3 is 2.46 bits per heavy atom. The minimum absolute atomic E-state index is 0.245. The number of hydrogen-bond acceptors (Lipinski definition) is 4. The van der Waals surface area contributed by atoms with Gasteiger partial charge in [0.1, 0.15) is 5.60 Å². The molecule has 1 heterocycles. The van der Waals surface area contributed by atoms with Crippen molar-refractivity contribution in [2.24, 2.45) is 16.8 Å². The lowest BCUT2D eigenvalue weighted by atomic mass is 9.96. The van der Waals surface area contributed by atoms with Crippen LogP contribution in [0.4, 0.5) is 4.79 Å². The van der Waals surface area contributed by atoms with Crippen LogP contribution in [0.1, 0.15) is 53.9 Å². The van der Waals surface area contributed by atoms with E-state index in [-0.39, 0.29) is 12.0 Å². The summed E-state index contributed by atoms with van der Waals surface area (Å²) in [6.45, 7) is 14.7. The quantitative estimate of drug-likeness (QED) is 0.502. The van der Waals surface area contributed by atoms with E-state index in [1.54, 1.807) is 11.9 Å². The van der Waals surface area contributed by atoms with E-state index in [9.17, 15) is 4.79 Å². The van der Waals surface area contributed by atoms with Gasteiger partial charge in [0.15, 0.2) is 5.96 Å². The summed E-state index contributed by atoms with van der Waals surface area (Å²) in [6.07, 6.45) is 3.20. The highest BCUT2D eigenvalue weighted by atomic mass is 16.6. The lowest BCUT2D eigenvalue weighted by molar-refractivity contribution is 0.0279. The van der Waals surface area contributed by atoms with E-state index >= 15 is 0 Å². The average molecular weight is 399 g/mol. The predicted molar refractivity (Wildman–Crippen MR) is 115 cm³/mol. The molecule has 1 fully saturated rings. The van der Waals surface area contributed by atoms with E-state index < -0.39 is 5.60 Å². The van der Waals surface area contributed by atoms with Gasteiger partial charge in [-0.05, 0) is 58.8 Å². The molecule has 0 aromatic rings. The molecule has 1 N–H and O–H groups in total. The van der Waals surface area contributed by atoms with Gasteiger partial charge >= 0.3 is 6.09 Å². The molecule has 28 heavy (non-hydrogen) atoms. The van der Waals surface area contributed by atoms with Crippen LogP contribution in [0, 0.1) is 11.8 Å². The Morgan fingerprint density at radius 1 is 1.25 bits per heavy atom. The van der Waals surface area contributed by atoms with Crippen molar-refractivity contribution < 1.29 is 14.3 Å². The van der Waals surface area contributed by atoms with Crippen LogP contribution < -0.4 is 5.32 Å². The summed E-state index contributed by atoms with van der Waals surface area (Å²) in [5.41, 5.74) is -0.474. The lowest BCUT2D eigenvalue weighted by Gasteiger charge is -2.28. The summed E-state index contributed by atoms with van der Waals surface area (Å²) >= 11 is 0. The molecule has 1 atom stereocenters. The standard InChI is InChI=1S/C21H42N4O3/c1-8-22-19(24(6)12-9-18-10-13-27-14-11-18)23-15-17(2)16-25(7)20(26)28-21(3,4)5/h17-18H,8-16H2,1-7H3,(H,22,23). The molecule has 7 heteroatoms. The molecule has 7 nitrogen and oxygen atoms in total. The van der Waals surface area contributed by atoms with Crippen LogP contribution in [0.2, 0.25) is 0 Å². The Balaban J connectivity index is 2.48. The molecule has 0 saturated carbocycles. The number of hydrogen-bond donors (Lipinski definition) is 1. The maximum atomic E-state index is 12.1. The summed E-state index contributed by atoms with van der Waals surface area (Å²) in [5, 5.41) is 3.38. The van der Waals surface area contributed by atoms with E-state index in [0.717, 1.165) is 51.0 Å². The Labute approximate surface area is 171 Å². The highest BCUT2D eigenvalue weighted by Crippen LogP contribution is 2.18. The molecule has 1 unspecified atom stereocenters. The second kappa shape index (κ2) is 12.1. The van der Waals surface area contributed by atoms with E-state index in [1.807, 2.05) is 20.8 Å². The van der Waals surface area contributed by atoms with Crippen LogP contribution >= 0.6 is 0 Å². The lowest BCUT2D eigenvalue weighted by Crippen LogP contribution is -2.41. The van der Waals surface area contributed by atoms with Gasteiger partial charge in [-0.2, -0.15) is 0 Å². The molecule has 1 aliphatic heterocycles. The van der Waals surface area contributed by atoms with Crippen molar-refractivity contribution in [1.82, 2.24) is 15.1 Å². The van der Waals surface area contributed by atoms with E-state index in [4.69, 9.17) is 14.5 Å². The Kier molecular flexibility index (Phi) is 10.6. The van der Waals surface area contributed by atoms with Crippen LogP contribution in [0.5, 0.6) is 0 Å². The first-order valence-corrected chi connectivity index (χ1v) is 10.6. The first-order chi connectivity index (χ1) is 13.1. The molecule has 0 aromatic carbocycles. The highest BCUT2D eigenvalue weighted by molar-refractivity contribution is 5.79. The van der Waals surface area contributed by atoms with Crippen LogP contribution in [-0.4, -0.2) is 80.9 Å². The fourth-order valence-corrected chi connectivity index (χ4v) is 3.17. The van der Waals surface area contributed by atoms with Gasteiger partial charge in [0.25, 0.3) is 0 Å². The summed E-state index contributed by atoms with van der Waals surface area (Å²) < 4.78 is 10.9. The minimum Gasteiger partial charge on any atom is -0.444 e. The van der Waals surface area contributed by atoms with Gasteiger partial charge in [0.05, 0.1) is 0 Å². The number of rotatable bonds is 8. The Bertz CT molecular complexity index is 485. The minimum atomic E-state index is -0.474. The van der Waals surface area contributed by atoms with Crippen molar-refractivity contribution in [2.75, 3.05) is 53.5 Å². The molecule has 164 valence electrons. The van der Waals surface area contributed by atoms with Gasteiger partial charge in [0, 0.05) is 53.5 Å². The second-order valence-electron chi connectivity index (χ2n) is 8.93. The molecular weight excluding hydrogens is 356 g/mol. The fraction of sp³-hybridized carbons (Fsp3) is 0.905. The number of ether oxygens (including phenoxy) is 2. The molecule has 0 bridgehead atoms. The maximum absolute atomic E-state index is 12.1. The topological polar surface area (TPSA) is 66.4 Å². The van der Waals surface area contributed by atoms with E-state index in [2.05, 4.69) is 31.1 Å². The zero-order chi connectivity index (χ0) is 21.2. The third-order valence-electron chi connectivity index (χ3n) is 4.75. The normalized spacial score (nSPS) is 17.2. The maximum Gasteiger partial charge on any atom is 0.410 e. The zero-order valence-corrected chi connectivity index (χ0v) is 19.1. The SMILES string of the molecule is CCNC(=NCC(C)CN(C)C(=O)OC(C)(C)C)N(C)CCC1CCOCC1. The summed E-state index contributed by atoms with van der Waals surface area (Å²) in [4.78, 5) is 20.8. The molecule has 0 aromatic heterocycles. The van der Waals surface area contributed by atoms with Crippen LogP contribution in [0.3, 0.4) is 0 Å². The Hall–Kier alpha value is -1.50. The molecule has 1 aliphatic rings. The zero-order valence-electron chi connectivity index (χ0n) is 19.1. The van der Waals surface area contributed by atoms with Crippen molar-refractivity contribution in [3.05, 3.63) is 0 Å². The number of aliphatic imine (C=N–C) groups is 1. The largest absolute Gasteiger partial charge is 0.444 e. The van der Waals surface area contributed by atoms with Crippen molar-refractivity contribution >= 4 is 12.1 Å². The molecular formula is C21H42N4O3. The van der Waals surface area contributed by atoms with Crippen molar-refractivity contribution in [3.63, 3.8) is 0 Å². The molecule has 0 spiro atoms. The number of amides is 1. The first-order valence-electron chi connectivity index (χ1n) is 10.6. The second-order valence-corrected chi connectivity index (χ2v) is 8.93. The summed E-state index contributed by atoms with van der Waals surface area (Å²) in [7, 11) is 3.87. The monoisotopic (exact) mass is 398 g/mol. The molecule has 1 rings (SSSR count). The van der Waals surface area contributed by atoms with Crippen LogP contribution in [0.15, 0.2) is 4.99 Å². The number of carbonyl (C=O) groups excluding carboxylic acids is 1. The van der Waals surface area contributed by atoms with Crippen LogP contribution in [0.25, 0.3) is 0 Å². The van der Waals surface area contributed by atoms with Crippen molar-refractivity contribution in [1.29, 1.82) is 0 Å². The highest BCUT2D eigenvalue weighted by Gasteiger charge is 2.21. The fourth-order valence-electron chi connectivity index (χ4n) is 3.17. The van der Waals surface area contributed by atoms with E-state index in [0.29, 0.717) is 13.1 Å². The van der Waals surface area contributed by atoms with Crippen molar-refractivity contribution in [2.45, 2.75) is 59.5 Å². The van der Waals surface area contributed by atoms with Gasteiger partial charge in [0.2, 0.25) is 0 Å². The van der Waals surface area contributed by atoms with E-state index in [1.165, 1.54) is 6.42 Å². The summed E-state index contributed by atoms with van der Waals surface area (Å²) in [6, 6.07) is 0.